The second-order valence-electron chi connectivity index (χ2n) is 7.54. The van der Waals surface area contributed by atoms with Crippen molar-refractivity contribution in [2.75, 3.05) is 25.1 Å². The van der Waals surface area contributed by atoms with Gasteiger partial charge in [-0.25, -0.2) is 4.68 Å². The Morgan fingerprint density at radius 3 is 2.68 bits per heavy atom. The molecule has 1 atom stereocenters. The number of rotatable bonds is 6. The molecule has 2 amide bonds. The van der Waals surface area contributed by atoms with E-state index in [2.05, 4.69) is 5.10 Å². The maximum atomic E-state index is 13.3. The molecular weight excluding hydrogens is 392 g/mol. The summed E-state index contributed by atoms with van der Waals surface area (Å²) in [6.45, 7) is 4.89. The molecule has 1 aromatic heterocycles. The van der Waals surface area contributed by atoms with Crippen molar-refractivity contribution < 1.29 is 14.3 Å². The van der Waals surface area contributed by atoms with Gasteiger partial charge in [0.15, 0.2) is 5.69 Å². The van der Waals surface area contributed by atoms with Crippen molar-refractivity contribution in [3.05, 3.63) is 72.1 Å². The van der Waals surface area contributed by atoms with Crippen LogP contribution in [0.25, 0.3) is 5.69 Å². The fourth-order valence-electron chi connectivity index (χ4n) is 4.02. The van der Waals surface area contributed by atoms with E-state index >= 15 is 0 Å². The van der Waals surface area contributed by atoms with Gasteiger partial charge in [-0.15, -0.1) is 0 Å². The molecule has 160 valence electrons. The zero-order valence-electron chi connectivity index (χ0n) is 18.0. The Morgan fingerprint density at radius 1 is 1.19 bits per heavy atom. The van der Waals surface area contributed by atoms with Crippen LogP contribution in [0, 0.1) is 6.92 Å². The fraction of sp³-hybridized carbons (Fsp3) is 0.292. The van der Waals surface area contributed by atoms with Gasteiger partial charge in [-0.3, -0.25) is 9.59 Å². The summed E-state index contributed by atoms with van der Waals surface area (Å²) in [5.74, 6) is 0.367. The Labute approximate surface area is 181 Å². The number of hydrogen-bond acceptors (Lipinski definition) is 4. The minimum Gasteiger partial charge on any atom is -0.494 e. The summed E-state index contributed by atoms with van der Waals surface area (Å²) in [7, 11) is 1.60. The summed E-state index contributed by atoms with van der Waals surface area (Å²) < 4.78 is 7.07. The number of aryl methyl sites for hydroxylation is 1. The SMILES string of the molecule is CCN(C(=O)c1ccn(-c2cc(C)ccc2OC)n1)C1CCN(c2ccccc2)C1=O. The van der Waals surface area contributed by atoms with Gasteiger partial charge in [0.2, 0.25) is 5.91 Å². The van der Waals surface area contributed by atoms with Crippen LogP contribution in [0.15, 0.2) is 60.8 Å². The number of carbonyl (C=O) groups is 2. The Kier molecular flexibility index (Phi) is 5.75. The second kappa shape index (κ2) is 8.63. The number of para-hydroxylation sites is 1. The van der Waals surface area contributed by atoms with Crippen molar-refractivity contribution in [1.29, 1.82) is 0 Å². The molecule has 3 aromatic rings. The molecule has 1 aliphatic rings. The molecule has 1 saturated heterocycles. The van der Waals surface area contributed by atoms with Gasteiger partial charge in [0.05, 0.1) is 7.11 Å². The Bertz CT molecular complexity index is 1090. The third-order valence-electron chi connectivity index (χ3n) is 5.61. The number of ether oxygens (including phenoxy) is 1. The number of anilines is 1. The topological polar surface area (TPSA) is 67.7 Å². The van der Waals surface area contributed by atoms with Crippen LogP contribution in [0.2, 0.25) is 0 Å². The predicted molar refractivity (Wildman–Crippen MR) is 119 cm³/mol. The van der Waals surface area contributed by atoms with Crippen molar-refractivity contribution in [1.82, 2.24) is 14.7 Å². The molecule has 0 radical (unpaired) electrons. The molecule has 0 N–H and O–H groups in total. The quantitative estimate of drug-likeness (QED) is 0.615. The van der Waals surface area contributed by atoms with Crippen LogP contribution in [-0.4, -0.2) is 52.7 Å². The van der Waals surface area contributed by atoms with E-state index in [0.717, 1.165) is 16.9 Å². The zero-order valence-corrected chi connectivity index (χ0v) is 18.0. The number of methoxy groups -OCH3 is 1. The Hall–Kier alpha value is -3.61. The summed E-state index contributed by atoms with van der Waals surface area (Å²) in [6, 6.07) is 16.5. The van der Waals surface area contributed by atoms with Crippen LogP contribution < -0.4 is 9.64 Å². The molecule has 0 bridgehead atoms. The van der Waals surface area contributed by atoms with Crippen LogP contribution in [0.1, 0.15) is 29.4 Å². The van der Waals surface area contributed by atoms with Crippen LogP contribution in [0.3, 0.4) is 0 Å². The third-order valence-corrected chi connectivity index (χ3v) is 5.61. The highest BCUT2D eigenvalue weighted by atomic mass is 16.5. The van der Waals surface area contributed by atoms with Gasteiger partial charge in [0.25, 0.3) is 5.91 Å². The molecule has 2 heterocycles. The van der Waals surface area contributed by atoms with Crippen molar-refractivity contribution >= 4 is 17.5 Å². The van der Waals surface area contributed by atoms with Gasteiger partial charge in [0.1, 0.15) is 17.5 Å². The number of likely N-dealkylation sites (N-methyl/N-ethyl adjacent to an activating group) is 1. The molecule has 31 heavy (non-hydrogen) atoms. The molecule has 0 spiro atoms. The van der Waals surface area contributed by atoms with Crippen LogP contribution in [-0.2, 0) is 4.79 Å². The largest absolute Gasteiger partial charge is 0.494 e. The number of hydrogen-bond donors (Lipinski definition) is 0. The summed E-state index contributed by atoms with van der Waals surface area (Å²) in [5, 5.41) is 4.49. The molecule has 4 rings (SSSR count). The lowest BCUT2D eigenvalue weighted by Crippen LogP contribution is -2.45. The summed E-state index contributed by atoms with van der Waals surface area (Å²) >= 11 is 0. The number of aromatic nitrogens is 2. The van der Waals surface area contributed by atoms with Gasteiger partial charge >= 0.3 is 0 Å². The average molecular weight is 418 g/mol. The monoisotopic (exact) mass is 418 g/mol. The highest BCUT2D eigenvalue weighted by molar-refractivity contribution is 6.03. The number of nitrogens with zero attached hydrogens (tertiary/aromatic N) is 4. The van der Waals surface area contributed by atoms with Gasteiger partial charge in [-0.05, 0) is 56.2 Å². The molecule has 1 aliphatic heterocycles. The van der Waals surface area contributed by atoms with E-state index in [-0.39, 0.29) is 11.8 Å². The minimum atomic E-state index is -0.489. The molecule has 2 aromatic carbocycles. The second-order valence-corrected chi connectivity index (χ2v) is 7.54. The van der Waals surface area contributed by atoms with Gasteiger partial charge < -0.3 is 14.5 Å². The lowest BCUT2D eigenvalue weighted by Gasteiger charge is -2.26. The summed E-state index contributed by atoms with van der Waals surface area (Å²) in [5.41, 5.74) is 2.98. The van der Waals surface area contributed by atoms with Crippen molar-refractivity contribution in [3.8, 4) is 11.4 Å². The van der Waals surface area contributed by atoms with E-state index in [1.54, 1.807) is 33.9 Å². The van der Waals surface area contributed by atoms with Crippen LogP contribution in [0.4, 0.5) is 5.69 Å². The van der Waals surface area contributed by atoms with Crippen molar-refractivity contribution in [2.24, 2.45) is 0 Å². The molecular formula is C24H26N4O3. The molecule has 7 heteroatoms. The highest BCUT2D eigenvalue weighted by Gasteiger charge is 2.39. The first-order valence-electron chi connectivity index (χ1n) is 10.4. The number of carbonyl (C=O) groups excluding carboxylic acids is 2. The van der Waals surface area contributed by atoms with Gasteiger partial charge in [-0.2, -0.15) is 5.10 Å². The zero-order chi connectivity index (χ0) is 22.0. The fourth-order valence-corrected chi connectivity index (χ4v) is 4.02. The van der Waals surface area contributed by atoms with E-state index in [1.807, 2.05) is 62.4 Å². The smallest absolute Gasteiger partial charge is 0.275 e. The third kappa shape index (κ3) is 3.91. The van der Waals surface area contributed by atoms with E-state index in [4.69, 9.17) is 4.74 Å². The number of benzene rings is 2. The van der Waals surface area contributed by atoms with E-state index in [9.17, 15) is 9.59 Å². The van der Waals surface area contributed by atoms with Crippen LogP contribution in [0.5, 0.6) is 5.75 Å². The molecule has 1 fully saturated rings. The maximum Gasteiger partial charge on any atom is 0.275 e. The molecule has 0 aliphatic carbocycles. The minimum absolute atomic E-state index is 0.0545. The van der Waals surface area contributed by atoms with Crippen molar-refractivity contribution in [2.45, 2.75) is 26.3 Å². The molecule has 0 saturated carbocycles. The first-order chi connectivity index (χ1) is 15.0. The van der Waals surface area contributed by atoms with E-state index in [1.165, 1.54) is 0 Å². The van der Waals surface area contributed by atoms with Crippen molar-refractivity contribution in [3.63, 3.8) is 0 Å². The standard InChI is InChI=1S/C24H26N4O3/c1-4-26(20-13-14-27(24(20)30)18-8-6-5-7-9-18)23(29)19-12-15-28(25-19)21-16-17(2)10-11-22(21)31-3/h5-12,15-16,20H,4,13-14H2,1-3H3. The number of amides is 2. The normalized spacial score (nSPS) is 15.9. The van der Waals surface area contributed by atoms with Gasteiger partial charge in [0, 0.05) is 25.0 Å². The molecule has 7 nitrogen and oxygen atoms in total. The average Bonchev–Trinajstić information content (AvgIpc) is 3.42. The Balaban J connectivity index is 1.57. The Morgan fingerprint density at radius 2 is 1.97 bits per heavy atom. The van der Waals surface area contributed by atoms with E-state index < -0.39 is 6.04 Å². The lowest BCUT2D eigenvalue weighted by atomic mass is 10.2. The predicted octanol–water partition coefficient (Wildman–Crippen LogP) is 3.46. The van der Waals surface area contributed by atoms with E-state index in [0.29, 0.717) is 31.0 Å². The molecule has 1 unspecified atom stereocenters. The highest BCUT2D eigenvalue weighted by Crippen LogP contribution is 2.26. The lowest BCUT2D eigenvalue weighted by molar-refractivity contribution is -0.120. The summed E-state index contributed by atoms with van der Waals surface area (Å²) in [6.07, 6.45) is 2.34. The maximum absolute atomic E-state index is 13.3. The first kappa shape index (κ1) is 20.7. The summed E-state index contributed by atoms with van der Waals surface area (Å²) in [4.78, 5) is 29.7. The van der Waals surface area contributed by atoms with Crippen LogP contribution >= 0.6 is 0 Å². The first-order valence-corrected chi connectivity index (χ1v) is 10.4. The van der Waals surface area contributed by atoms with Gasteiger partial charge in [-0.1, -0.05) is 24.3 Å².